The summed E-state index contributed by atoms with van der Waals surface area (Å²) in [6.45, 7) is 0. The Bertz CT molecular complexity index is 1010. The number of fused-ring (bicyclic) bond motifs is 1. The van der Waals surface area contributed by atoms with Crippen molar-refractivity contribution in [3.63, 3.8) is 0 Å². The Hall–Kier alpha value is -2.23. The maximum Gasteiger partial charge on any atom is 0.128 e. The maximum atomic E-state index is 14.6. The average molecular weight is 401 g/mol. The van der Waals surface area contributed by atoms with Crippen LogP contribution in [0.1, 0.15) is 42.9 Å². The second-order valence-corrected chi connectivity index (χ2v) is 8.22. The quantitative estimate of drug-likeness (QED) is 0.476. The minimum atomic E-state index is -0.369. The molecule has 3 aromatic rings. The Balaban J connectivity index is 1.74. The van der Waals surface area contributed by atoms with Crippen LogP contribution in [-0.2, 0) is 0 Å². The molecule has 2 aromatic carbocycles. The van der Waals surface area contributed by atoms with Crippen LogP contribution >= 0.6 is 23.5 Å². The third kappa shape index (κ3) is 3.90. The Morgan fingerprint density at radius 1 is 1.37 bits per heavy atom. The van der Waals surface area contributed by atoms with Crippen molar-refractivity contribution in [2.24, 2.45) is 0 Å². The predicted molar refractivity (Wildman–Crippen MR) is 108 cm³/mol. The van der Waals surface area contributed by atoms with Crippen LogP contribution < -0.4 is 4.72 Å². The van der Waals surface area contributed by atoms with Crippen LogP contribution in [0.5, 0.6) is 0 Å². The summed E-state index contributed by atoms with van der Waals surface area (Å²) < 4.78 is 18.0. The van der Waals surface area contributed by atoms with Gasteiger partial charge in [-0.3, -0.25) is 5.10 Å². The normalized spacial score (nSPS) is 14.9. The number of halogens is 2. The van der Waals surface area contributed by atoms with E-state index >= 15 is 0 Å². The molecular weight excluding hydrogens is 383 g/mol. The van der Waals surface area contributed by atoms with Gasteiger partial charge in [0.15, 0.2) is 0 Å². The monoisotopic (exact) mass is 400 g/mol. The van der Waals surface area contributed by atoms with Gasteiger partial charge < -0.3 is 4.72 Å². The Morgan fingerprint density at radius 2 is 2.22 bits per heavy atom. The SMILES string of the molecule is N#CCCC(c1ccc(Cl)cc1F)c1[nH]nc2c(NSC3CC3)cccc12. The fraction of sp³-hybridized carbons (Fsp3) is 0.300. The molecule has 1 heterocycles. The van der Waals surface area contributed by atoms with Crippen LogP contribution in [0.25, 0.3) is 10.9 Å². The van der Waals surface area contributed by atoms with Gasteiger partial charge >= 0.3 is 0 Å². The van der Waals surface area contributed by atoms with Crippen molar-refractivity contribution in [2.75, 3.05) is 4.72 Å². The molecule has 4 rings (SSSR count). The molecule has 1 saturated carbocycles. The van der Waals surface area contributed by atoms with Crippen LogP contribution in [0.15, 0.2) is 36.4 Å². The van der Waals surface area contributed by atoms with Gasteiger partial charge in [0.05, 0.1) is 17.5 Å². The number of nitrogens with one attached hydrogen (secondary N) is 2. The summed E-state index contributed by atoms with van der Waals surface area (Å²) in [5, 5.41) is 18.6. The summed E-state index contributed by atoms with van der Waals surface area (Å²) >= 11 is 7.63. The standard InChI is InChI=1S/C20H18ClFN4S/c21-12-6-9-14(17(22)11-12)15(4-2-10-23)19-16-3-1-5-18(20(16)25-24-19)26-27-13-7-8-13/h1,3,5-6,9,11,13,15,26H,2,4,7-8H2,(H,24,25). The minimum absolute atomic E-state index is 0.293. The summed E-state index contributed by atoms with van der Waals surface area (Å²) in [7, 11) is 0. The molecular formula is C20H18ClFN4S. The van der Waals surface area contributed by atoms with E-state index in [-0.39, 0.29) is 11.7 Å². The third-order valence-electron chi connectivity index (χ3n) is 4.71. The van der Waals surface area contributed by atoms with Gasteiger partial charge in [0, 0.05) is 28.0 Å². The molecule has 0 amide bonds. The number of aromatic nitrogens is 2. The van der Waals surface area contributed by atoms with Crippen LogP contribution in [0.2, 0.25) is 5.02 Å². The van der Waals surface area contributed by atoms with Crippen molar-refractivity contribution >= 4 is 40.1 Å². The van der Waals surface area contributed by atoms with Gasteiger partial charge in [0.1, 0.15) is 11.3 Å². The fourth-order valence-electron chi connectivity index (χ4n) is 3.19. The lowest BCUT2D eigenvalue weighted by molar-refractivity contribution is 0.584. The number of hydrogen-bond donors (Lipinski definition) is 2. The van der Waals surface area contributed by atoms with Gasteiger partial charge in [-0.15, -0.1) is 0 Å². The summed E-state index contributed by atoms with van der Waals surface area (Å²) in [5.41, 5.74) is 3.12. The van der Waals surface area contributed by atoms with Crippen LogP contribution in [0.4, 0.5) is 10.1 Å². The molecule has 138 valence electrons. The summed E-state index contributed by atoms with van der Waals surface area (Å²) in [6, 6.07) is 12.8. The second-order valence-electron chi connectivity index (χ2n) is 6.67. The molecule has 0 bridgehead atoms. The highest BCUT2D eigenvalue weighted by molar-refractivity contribution is 8.01. The molecule has 1 fully saturated rings. The molecule has 4 nitrogen and oxygen atoms in total. The number of rotatable bonds is 7. The maximum absolute atomic E-state index is 14.6. The number of benzene rings is 2. The zero-order valence-electron chi connectivity index (χ0n) is 14.5. The molecule has 0 saturated heterocycles. The van der Waals surface area contributed by atoms with Crippen molar-refractivity contribution in [1.29, 1.82) is 5.26 Å². The first-order valence-corrected chi connectivity index (χ1v) is 10.1. The number of para-hydroxylation sites is 1. The average Bonchev–Trinajstić information content (AvgIpc) is 3.39. The third-order valence-corrected chi connectivity index (χ3v) is 6.08. The van der Waals surface area contributed by atoms with E-state index in [0.29, 0.717) is 28.7 Å². The highest BCUT2D eigenvalue weighted by Gasteiger charge is 2.25. The van der Waals surface area contributed by atoms with E-state index in [4.69, 9.17) is 16.9 Å². The van der Waals surface area contributed by atoms with Gasteiger partial charge in [0.2, 0.25) is 0 Å². The zero-order chi connectivity index (χ0) is 18.8. The first-order chi connectivity index (χ1) is 13.2. The van der Waals surface area contributed by atoms with Gasteiger partial charge in [-0.2, -0.15) is 10.4 Å². The molecule has 0 radical (unpaired) electrons. The number of nitriles is 1. The molecule has 1 aliphatic carbocycles. The van der Waals surface area contributed by atoms with Crippen molar-refractivity contribution in [2.45, 2.75) is 36.9 Å². The van der Waals surface area contributed by atoms with Crippen molar-refractivity contribution < 1.29 is 4.39 Å². The number of hydrogen-bond acceptors (Lipinski definition) is 4. The van der Waals surface area contributed by atoms with Crippen LogP contribution in [-0.4, -0.2) is 15.4 Å². The van der Waals surface area contributed by atoms with Crippen LogP contribution in [0, 0.1) is 17.1 Å². The Labute approximate surface area is 166 Å². The smallest absolute Gasteiger partial charge is 0.128 e. The lowest BCUT2D eigenvalue weighted by Gasteiger charge is -2.16. The van der Waals surface area contributed by atoms with E-state index in [1.165, 1.54) is 18.9 Å². The number of aromatic amines is 1. The number of H-pyrrole nitrogens is 1. The summed E-state index contributed by atoms with van der Waals surface area (Å²) in [6.07, 6.45) is 3.31. The van der Waals surface area contributed by atoms with Crippen molar-refractivity contribution in [1.82, 2.24) is 10.2 Å². The second kappa shape index (κ2) is 7.79. The summed E-state index contributed by atoms with van der Waals surface area (Å²) in [5.74, 6) is -0.662. The highest BCUT2D eigenvalue weighted by Crippen LogP contribution is 2.39. The molecule has 1 atom stereocenters. The topological polar surface area (TPSA) is 64.5 Å². The van der Waals surface area contributed by atoms with Crippen molar-refractivity contribution in [3.05, 3.63) is 58.5 Å². The molecule has 7 heteroatoms. The minimum Gasteiger partial charge on any atom is -0.328 e. The lowest BCUT2D eigenvalue weighted by Crippen LogP contribution is -2.05. The van der Waals surface area contributed by atoms with E-state index in [0.717, 1.165) is 22.3 Å². The van der Waals surface area contributed by atoms with Gasteiger partial charge in [0.25, 0.3) is 0 Å². The molecule has 0 aliphatic heterocycles. The molecule has 27 heavy (non-hydrogen) atoms. The van der Waals surface area contributed by atoms with Crippen LogP contribution in [0.3, 0.4) is 0 Å². The molecule has 1 unspecified atom stereocenters. The van der Waals surface area contributed by atoms with Crippen molar-refractivity contribution in [3.8, 4) is 6.07 Å². The summed E-state index contributed by atoms with van der Waals surface area (Å²) in [4.78, 5) is 0. The Morgan fingerprint density at radius 3 is 2.96 bits per heavy atom. The first kappa shape index (κ1) is 18.1. The molecule has 2 N–H and O–H groups in total. The van der Waals surface area contributed by atoms with E-state index in [2.05, 4.69) is 21.0 Å². The number of anilines is 1. The van der Waals surface area contributed by atoms with E-state index in [1.807, 2.05) is 18.2 Å². The molecule has 1 aliphatic rings. The molecule has 1 aromatic heterocycles. The van der Waals surface area contributed by atoms with Gasteiger partial charge in [-0.05, 0) is 55.0 Å². The Kier molecular flexibility index (Phi) is 5.24. The zero-order valence-corrected chi connectivity index (χ0v) is 16.1. The van der Waals surface area contributed by atoms with E-state index in [1.54, 1.807) is 24.1 Å². The highest BCUT2D eigenvalue weighted by atomic mass is 35.5. The number of nitrogens with zero attached hydrogens (tertiary/aromatic N) is 2. The molecule has 0 spiro atoms. The lowest BCUT2D eigenvalue weighted by atomic mass is 9.89. The van der Waals surface area contributed by atoms with E-state index < -0.39 is 0 Å². The van der Waals surface area contributed by atoms with Gasteiger partial charge in [-0.1, -0.05) is 29.8 Å². The van der Waals surface area contributed by atoms with Gasteiger partial charge in [-0.25, -0.2) is 4.39 Å². The predicted octanol–water partition coefficient (Wildman–Crippen LogP) is 6.01. The first-order valence-electron chi connectivity index (χ1n) is 8.88. The van der Waals surface area contributed by atoms with E-state index in [9.17, 15) is 4.39 Å². The largest absolute Gasteiger partial charge is 0.328 e. The fourth-order valence-corrected chi connectivity index (χ4v) is 4.18.